The molecule has 0 aliphatic heterocycles. The molecule has 0 saturated heterocycles. The van der Waals surface area contributed by atoms with E-state index in [1.54, 1.807) is 18.3 Å². The minimum atomic E-state index is -1.52. The quantitative estimate of drug-likeness (QED) is 0.133. The number of anilines is 2. The van der Waals surface area contributed by atoms with Crippen LogP contribution in [-0.2, 0) is 12.0 Å². The van der Waals surface area contributed by atoms with Crippen molar-refractivity contribution in [2.75, 3.05) is 17.4 Å². The monoisotopic (exact) mass is 507 g/mol. The van der Waals surface area contributed by atoms with Crippen LogP contribution in [-0.4, -0.2) is 28.5 Å². The maximum absolute atomic E-state index is 15.1. The number of oxazole rings is 1. The number of hydrazine groups is 1. The van der Waals surface area contributed by atoms with Crippen molar-refractivity contribution in [1.82, 2.24) is 9.97 Å². The molecule has 0 amide bonds. The Labute approximate surface area is 211 Å². The molecule has 0 fully saturated rings. The van der Waals surface area contributed by atoms with Crippen molar-refractivity contribution < 1.29 is 13.9 Å². The van der Waals surface area contributed by atoms with Crippen LogP contribution in [0.1, 0.15) is 23.6 Å². The van der Waals surface area contributed by atoms with Gasteiger partial charge in [-0.25, -0.2) is 15.2 Å². The number of fused-ring (bicyclic) bond motifs is 1. The zero-order chi connectivity index (χ0) is 25.4. The van der Waals surface area contributed by atoms with E-state index in [2.05, 4.69) is 20.4 Å². The molecular weight excluding hydrogens is 485 g/mol. The molecule has 0 bridgehead atoms. The number of nitrogens with one attached hydrogen (secondary N) is 1. The van der Waals surface area contributed by atoms with Crippen LogP contribution in [0.15, 0.2) is 64.4 Å². The molecule has 6 N–H and O–H groups in total. The summed E-state index contributed by atoms with van der Waals surface area (Å²) in [6, 6.07) is 12.4. The van der Waals surface area contributed by atoms with Crippen LogP contribution in [0.3, 0.4) is 0 Å². The van der Waals surface area contributed by atoms with Gasteiger partial charge in [0.2, 0.25) is 5.89 Å². The lowest BCUT2D eigenvalue weighted by Gasteiger charge is -2.20. The molecule has 0 spiro atoms. The Morgan fingerprint density at radius 1 is 1.19 bits per heavy atom. The molecule has 2 heterocycles. The lowest BCUT2D eigenvalue weighted by atomic mass is 9.99. The van der Waals surface area contributed by atoms with E-state index < -0.39 is 11.4 Å². The molecule has 36 heavy (non-hydrogen) atoms. The van der Waals surface area contributed by atoms with Gasteiger partial charge >= 0.3 is 0 Å². The van der Waals surface area contributed by atoms with E-state index in [1.807, 2.05) is 31.3 Å². The Bertz CT molecular complexity index is 1460. The third-order valence-electron chi connectivity index (χ3n) is 6.26. The molecule has 0 radical (unpaired) electrons. The van der Waals surface area contributed by atoms with Crippen molar-refractivity contribution in [2.24, 2.45) is 16.8 Å². The van der Waals surface area contributed by atoms with Crippen molar-refractivity contribution in [1.29, 1.82) is 0 Å². The molecular formula is C25H23ClFN7O2. The SMILES string of the molecule is CNc1ccc(-c2cnc(C3(O)CCc4cc(-c5c(N(N)/C=N\N)ccc(Cl)c5F)cnc43)o2)cc1. The van der Waals surface area contributed by atoms with E-state index in [-0.39, 0.29) is 16.5 Å². The van der Waals surface area contributed by atoms with E-state index in [9.17, 15) is 5.11 Å². The number of aromatic nitrogens is 2. The normalized spacial score (nSPS) is 16.9. The van der Waals surface area contributed by atoms with Crippen molar-refractivity contribution >= 4 is 29.3 Å². The van der Waals surface area contributed by atoms with Gasteiger partial charge in [0.1, 0.15) is 6.34 Å². The van der Waals surface area contributed by atoms with E-state index in [0.717, 1.165) is 28.2 Å². The summed E-state index contributed by atoms with van der Waals surface area (Å²) >= 11 is 6.05. The molecule has 1 aliphatic rings. The smallest absolute Gasteiger partial charge is 0.233 e. The van der Waals surface area contributed by atoms with E-state index in [4.69, 9.17) is 27.7 Å². The molecule has 0 saturated carbocycles. The number of nitrogens with two attached hydrogens (primary N) is 2. The van der Waals surface area contributed by atoms with Gasteiger partial charge in [-0.2, -0.15) is 5.10 Å². The number of hydrogen-bond donors (Lipinski definition) is 4. The molecule has 5 rings (SSSR count). The van der Waals surface area contributed by atoms with Crippen LogP contribution < -0.4 is 22.0 Å². The number of aliphatic hydroxyl groups is 1. The van der Waals surface area contributed by atoms with Crippen molar-refractivity contribution in [3.8, 4) is 22.5 Å². The number of hydrazone groups is 1. The Balaban J connectivity index is 1.52. The molecule has 1 unspecified atom stereocenters. The molecule has 1 aliphatic carbocycles. The Hall–Kier alpha value is -3.99. The highest BCUT2D eigenvalue weighted by Gasteiger charge is 2.44. The van der Waals surface area contributed by atoms with Crippen LogP contribution in [0, 0.1) is 5.82 Å². The molecule has 2 aromatic heterocycles. The largest absolute Gasteiger partial charge is 0.437 e. The fourth-order valence-electron chi connectivity index (χ4n) is 4.42. The summed E-state index contributed by atoms with van der Waals surface area (Å²) in [7, 11) is 1.84. The summed E-state index contributed by atoms with van der Waals surface area (Å²) < 4.78 is 21.1. The fraction of sp³-hybridized carbons (Fsp3) is 0.160. The van der Waals surface area contributed by atoms with Crippen molar-refractivity contribution in [3.05, 3.63) is 82.8 Å². The number of pyridine rings is 1. The summed E-state index contributed by atoms with van der Waals surface area (Å²) in [6.45, 7) is 0. The van der Waals surface area contributed by atoms with E-state index in [1.165, 1.54) is 12.3 Å². The van der Waals surface area contributed by atoms with Crippen LogP contribution in [0.4, 0.5) is 15.8 Å². The van der Waals surface area contributed by atoms with Gasteiger partial charge in [-0.05, 0) is 60.9 Å². The zero-order valence-electron chi connectivity index (χ0n) is 19.2. The Morgan fingerprint density at radius 2 is 1.97 bits per heavy atom. The first-order valence-corrected chi connectivity index (χ1v) is 11.5. The van der Waals surface area contributed by atoms with Gasteiger partial charge in [0, 0.05) is 35.6 Å². The molecule has 2 aromatic carbocycles. The number of halogens is 2. The fourth-order valence-corrected chi connectivity index (χ4v) is 4.57. The summed E-state index contributed by atoms with van der Waals surface area (Å²) in [6.07, 6.45) is 4.98. The third-order valence-corrected chi connectivity index (χ3v) is 6.55. The predicted molar refractivity (Wildman–Crippen MR) is 137 cm³/mol. The summed E-state index contributed by atoms with van der Waals surface area (Å²) in [5.74, 6) is 11.2. The maximum atomic E-state index is 15.1. The summed E-state index contributed by atoms with van der Waals surface area (Å²) in [5.41, 5.74) is 2.28. The molecule has 9 nitrogen and oxygen atoms in total. The third kappa shape index (κ3) is 3.95. The average molecular weight is 508 g/mol. The number of benzene rings is 2. The van der Waals surface area contributed by atoms with E-state index in [0.29, 0.717) is 35.5 Å². The van der Waals surface area contributed by atoms with Crippen LogP contribution in [0.2, 0.25) is 5.02 Å². The molecule has 11 heteroatoms. The second kappa shape index (κ2) is 9.23. The minimum absolute atomic E-state index is 0.0705. The van der Waals surface area contributed by atoms with Gasteiger partial charge in [-0.1, -0.05) is 11.6 Å². The number of hydrogen-bond acceptors (Lipinski definition) is 8. The van der Waals surface area contributed by atoms with Gasteiger partial charge in [0.25, 0.3) is 0 Å². The van der Waals surface area contributed by atoms with Crippen LogP contribution in [0.5, 0.6) is 0 Å². The van der Waals surface area contributed by atoms with Gasteiger partial charge in [0.05, 0.1) is 22.6 Å². The highest BCUT2D eigenvalue weighted by atomic mass is 35.5. The maximum Gasteiger partial charge on any atom is 0.233 e. The highest BCUT2D eigenvalue weighted by molar-refractivity contribution is 6.31. The first-order chi connectivity index (χ1) is 17.4. The van der Waals surface area contributed by atoms with Gasteiger partial charge in [-0.15, -0.1) is 0 Å². The van der Waals surface area contributed by atoms with Gasteiger partial charge in [-0.3, -0.25) is 9.99 Å². The summed E-state index contributed by atoms with van der Waals surface area (Å²) in [5, 5.41) is 19.0. The summed E-state index contributed by atoms with van der Waals surface area (Å²) in [4.78, 5) is 8.85. The van der Waals surface area contributed by atoms with Crippen molar-refractivity contribution in [3.63, 3.8) is 0 Å². The lowest BCUT2D eigenvalue weighted by molar-refractivity contribution is 0.0498. The zero-order valence-corrected chi connectivity index (χ0v) is 20.0. The lowest BCUT2D eigenvalue weighted by Crippen LogP contribution is -2.30. The standard InChI is InChI=1S/C25H23ClFN7O2/c1-30-17-4-2-14(3-5-17)20-12-32-24(36-20)25(35)9-8-15-10-16(11-31-23(15)25)21-19(34(29)13-33-28)7-6-18(26)22(21)27/h2-7,10-13,30,35H,8-9,28-29H2,1H3/b33-13-. The second-order valence-corrected chi connectivity index (χ2v) is 8.78. The van der Waals surface area contributed by atoms with E-state index >= 15 is 4.39 Å². The number of aryl methyl sites for hydroxylation is 1. The second-order valence-electron chi connectivity index (χ2n) is 8.38. The predicted octanol–water partition coefficient (Wildman–Crippen LogP) is 4.00. The van der Waals surface area contributed by atoms with Crippen LogP contribution in [0.25, 0.3) is 22.5 Å². The minimum Gasteiger partial charge on any atom is -0.437 e. The Kier molecular flexibility index (Phi) is 6.09. The average Bonchev–Trinajstić information content (AvgIpc) is 3.52. The van der Waals surface area contributed by atoms with Gasteiger partial charge in [0.15, 0.2) is 17.2 Å². The van der Waals surface area contributed by atoms with Crippen LogP contribution >= 0.6 is 11.6 Å². The van der Waals surface area contributed by atoms with Gasteiger partial charge < -0.3 is 20.7 Å². The Morgan fingerprint density at radius 3 is 2.69 bits per heavy atom. The highest BCUT2D eigenvalue weighted by Crippen LogP contribution is 2.44. The first-order valence-electron chi connectivity index (χ1n) is 11.1. The molecule has 1 atom stereocenters. The molecule has 184 valence electrons. The first kappa shape index (κ1) is 23.7. The number of rotatable bonds is 6. The molecule has 4 aromatic rings. The number of nitrogens with zero attached hydrogens (tertiary/aromatic N) is 4. The van der Waals surface area contributed by atoms with Crippen molar-refractivity contribution in [2.45, 2.75) is 18.4 Å². The topological polar surface area (TPSA) is 139 Å².